The van der Waals surface area contributed by atoms with Crippen LogP contribution in [0.4, 0.5) is 13.2 Å². The van der Waals surface area contributed by atoms with Crippen LogP contribution in [0.5, 0.6) is 5.75 Å². The number of halogens is 3. The molecule has 0 atom stereocenters. The quantitative estimate of drug-likeness (QED) is 0.286. The van der Waals surface area contributed by atoms with Gasteiger partial charge < -0.3 is 19.8 Å². The van der Waals surface area contributed by atoms with E-state index in [-0.39, 0.29) is 18.4 Å². The summed E-state index contributed by atoms with van der Waals surface area (Å²) in [4.78, 5) is 18.5. The van der Waals surface area contributed by atoms with E-state index in [4.69, 9.17) is 4.74 Å². The largest absolute Gasteiger partial charge is 0.497 e. The first-order chi connectivity index (χ1) is 18.7. The number of aryl methyl sites for hydroxylation is 2. The van der Waals surface area contributed by atoms with Gasteiger partial charge >= 0.3 is 5.97 Å². The zero-order valence-electron chi connectivity index (χ0n) is 22.2. The fourth-order valence-corrected chi connectivity index (χ4v) is 5.81. The highest BCUT2D eigenvalue weighted by Crippen LogP contribution is 2.40. The van der Waals surface area contributed by atoms with Crippen molar-refractivity contribution < 1.29 is 32.9 Å². The predicted molar refractivity (Wildman–Crippen MR) is 142 cm³/mol. The highest BCUT2D eigenvalue weighted by molar-refractivity contribution is 5.84. The van der Waals surface area contributed by atoms with Gasteiger partial charge in [0.2, 0.25) is 0 Å². The van der Waals surface area contributed by atoms with Crippen molar-refractivity contribution in [3.8, 4) is 5.75 Å². The highest BCUT2D eigenvalue weighted by atomic mass is 19.2. The lowest BCUT2D eigenvalue weighted by Crippen LogP contribution is -2.41. The number of carboxylic acid groups (broad SMARTS) is 1. The molecule has 1 saturated heterocycles. The molecule has 0 unspecified atom stereocenters. The van der Waals surface area contributed by atoms with E-state index in [1.807, 2.05) is 18.2 Å². The number of likely N-dealkylation sites (tertiary alicyclic amines) is 1. The Bertz CT molecular complexity index is 1280. The summed E-state index contributed by atoms with van der Waals surface area (Å²) in [5, 5.41) is 20.5. The summed E-state index contributed by atoms with van der Waals surface area (Å²) >= 11 is 0. The second-order valence-electron chi connectivity index (χ2n) is 10.5. The van der Waals surface area contributed by atoms with Crippen molar-refractivity contribution in [2.45, 2.75) is 58.0 Å². The molecule has 39 heavy (non-hydrogen) atoms. The number of piperidine rings is 1. The summed E-state index contributed by atoms with van der Waals surface area (Å²) in [6.07, 6.45) is 6.61. The highest BCUT2D eigenvalue weighted by Gasteiger charge is 2.36. The first kappa shape index (κ1) is 28.8. The van der Waals surface area contributed by atoms with Gasteiger partial charge in [0.15, 0.2) is 17.5 Å². The first-order valence-electron chi connectivity index (χ1n) is 13.4. The monoisotopic (exact) mass is 544 g/mol. The molecule has 0 bridgehead atoms. The molecule has 4 rings (SSSR count). The number of aliphatic hydroxyl groups is 1. The SMILES string of the molecule is COc1ccc2ncc(CO)c(CCCC3(CC(=O)O)CCN(CCCc4cc(F)c(F)c(F)c4)CC3)c2c1. The second-order valence-corrected chi connectivity index (χ2v) is 10.5. The topological polar surface area (TPSA) is 82.9 Å². The van der Waals surface area contributed by atoms with Crippen LogP contribution in [0.25, 0.3) is 10.9 Å². The van der Waals surface area contributed by atoms with E-state index in [1.54, 1.807) is 13.3 Å². The smallest absolute Gasteiger partial charge is 0.303 e. The van der Waals surface area contributed by atoms with Gasteiger partial charge in [0, 0.05) is 11.6 Å². The molecule has 1 aromatic heterocycles. The number of carboxylic acids is 1. The van der Waals surface area contributed by atoms with E-state index in [9.17, 15) is 28.2 Å². The molecule has 2 N–H and O–H groups in total. The van der Waals surface area contributed by atoms with Crippen LogP contribution in [0.2, 0.25) is 0 Å². The van der Waals surface area contributed by atoms with Crippen LogP contribution in [0.3, 0.4) is 0 Å². The lowest BCUT2D eigenvalue weighted by Gasteiger charge is -2.41. The van der Waals surface area contributed by atoms with Crippen LogP contribution in [-0.2, 0) is 24.2 Å². The molecule has 3 aromatic rings. The van der Waals surface area contributed by atoms with Crippen molar-refractivity contribution >= 4 is 16.9 Å². The third kappa shape index (κ3) is 7.08. The molecule has 2 heterocycles. The number of benzene rings is 2. The van der Waals surface area contributed by atoms with Crippen LogP contribution in [0.15, 0.2) is 36.5 Å². The molecule has 0 saturated carbocycles. The maximum absolute atomic E-state index is 13.5. The molecular formula is C30H35F3N2O4. The number of hydrogen-bond acceptors (Lipinski definition) is 5. The number of rotatable bonds is 12. The zero-order chi connectivity index (χ0) is 28.0. The summed E-state index contributed by atoms with van der Waals surface area (Å²) in [6.45, 7) is 2.09. The van der Waals surface area contributed by atoms with Crippen molar-refractivity contribution in [3.05, 3.63) is 70.7 Å². The average Bonchev–Trinajstić information content (AvgIpc) is 2.92. The van der Waals surface area contributed by atoms with Crippen molar-refractivity contribution in [1.82, 2.24) is 9.88 Å². The number of hydrogen-bond donors (Lipinski definition) is 2. The standard InChI is InChI=1S/C30H35F3N2O4/c1-39-22-6-7-27-24(16-22)23(21(19-36)18-34-27)5-2-8-30(17-28(37)38)9-12-35(13-10-30)11-3-4-20-14-25(31)29(33)26(32)15-20/h6-7,14-16,18,36H,2-5,8-13,17,19H2,1H3,(H,37,38). The molecule has 0 amide bonds. The number of ether oxygens (including phenoxy) is 1. The molecule has 1 fully saturated rings. The lowest BCUT2D eigenvalue weighted by molar-refractivity contribution is -0.140. The average molecular weight is 545 g/mol. The molecule has 0 spiro atoms. The third-order valence-electron chi connectivity index (χ3n) is 8.01. The van der Waals surface area contributed by atoms with Gasteiger partial charge in [-0.05, 0) is 117 Å². The Morgan fingerprint density at radius 1 is 1.08 bits per heavy atom. The van der Waals surface area contributed by atoms with Gasteiger partial charge in [-0.2, -0.15) is 0 Å². The minimum Gasteiger partial charge on any atom is -0.497 e. The molecular weight excluding hydrogens is 509 g/mol. The van der Waals surface area contributed by atoms with Gasteiger partial charge in [-0.1, -0.05) is 0 Å². The second kappa shape index (κ2) is 12.8. The Labute approximate surface area is 226 Å². The van der Waals surface area contributed by atoms with Crippen molar-refractivity contribution in [1.29, 1.82) is 0 Å². The minimum atomic E-state index is -1.45. The van der Waals surface area contributed by atoms with Crippen LogP contribution >= 0.6 is 0 Å². The summed E-state index contributed by atoms with van der Waals surface area (Å²) < 4.78 is 45.5. The Hall–Kier alpha value is -3.17. The van der Waals surface area contributed by atoms with Gasteiger partial charge in [-0.25, -0.2) is 13.2 Å². The predicted octanol–water partition coefficient (Wildman–Crippen LogP) is 5.67. The van der Waals surface area contributed by atoms with Gasteiger partial charge in [0.05, 0.1) is 25.7 Å². The van der Waals surface area contributed by atoms with Crippen LogP contribution in [0.1, 0.15) is 55.2 Å². The molecule has 9 heteroatoms. The molecule has 210 valence electrons. The van der Waals surface area contributed by atoms with Gasteiger partial charge in [0.25, 0.3) is 0 Å². The number of aliphatic hydroxyl groups excluding tert-OH is 1. The molecule has 0 aliphatic carbocycles. The van der Waals surface area contributed by atoms with Gasteiger partial charge in [-0.3, -0.25) is 9.78 Å². The normalized spacial score (nSPS) is 15.5. The van der Waals surface area contributed by atoms with Crippen LogP contribution in [-0.4, -0.2) is 52.8 Å². The summed E-state index contributed by atoms with van der Waals surface area (Å²) in [5.41, 5.74) is 2.71. The number of carbonyl (C=O) groups is 1. The number of nitrogens with zero attached hydrogens (tertiary/aromatic N) is 2. The number of fused-ring (bicyclic) bond motifs is 1. The fourth-order valence-electron chi connectivity index (χ4n) is 5.81. The number of methoxy groups -OCH3 is 1. The number of pyridine rings is 1. The molecule has 1 aliphatic rings. The fraction of sp³-hybridized carbons (Fsp3) is 0.467. The maximum atomic E-state index is 13.5. The van der Waals surface area contributed by atoms with E-state index in [0.29, 0.717) is 37.1 Å². The summed E-state index contributed by atoms with van der Waals surface area (Å²) in [7, 11) is 1.61. The van der Waals surface area contributed by atoms with Crippen molar-refractivity contribution in [3.63, 3.8) is 0 Å². The summed E-state index contributed by atoms with van der Waals surface area (Å²) in [6, 6.07) is 7.75. The minimum absolute atomic E-state index is 0.104. The van der Waals surface area contributed by atoms with E-state index < -0.39 is 23.4 Å². The lowest BCUT2D eigenvalue weighted by atomic mass is 9.71. The third-order valence-corrected chi connectivity index (χ3v) is 8.01. The molecule has 1 aliphatic heterocycles. The molecule has 2 aromatic carbocycles. The molecule has 6 nitrogen and oxygen atoms in total. The Morgan fingerprint density at radius 3 is 2.44 bits per heavy atom. The van der Waals surface area contributed by atoms with E-state index >= 15 is 0 Å². The Morgan fingerprint density at radius 2 is 1.79 bits per heavy atom. The van der Waals surface area contributed by atoms with Gasteiger partial charge in [0.1, 0.15) is 5.75 Å². The molecule has 0 radical (unpaired) electrons. The van der Waals surface area contributed by atoms with E-state index in [2.05, 4.69) is 9.88 Å². The number of aromatic nitrogens is 1. The number of aliphatic carboxylic acids is 1. The van der Waals surface area contributed by atoms with Crippen molar-refractivity contribution in [2.75, 3.05) is 26.7 Å². The Balaban J connectivity index is 1.36. The van der Waals surface area contributed by atoms with E-state index in [0.717, 1.165) is 72.9 Å². The van der Waals surface area contributed by atoms with Crippen LogP contribution < -0.4 is 4.74 Å². The zero-order valence-corrected chi connectivity index (χ0v) is 22.2. The van der Waals surface area contributed by atoms with Crippen molar-refractivity contribution in [2.24, 2.45) is 5.41 Å². The van der Waals surface area contributed by atoms with E-state index in [1.165, 1.54) is 0 Å². The van der Waals surface area contributed by atoms with Gasteiger partial charge in [-0.15, -0.1) is 0 Å². The maximum Gasteiger partial charge on any atom is 0.303 e. The summed E-state index contributed by atoms with van der Waals surface area (Å²) in [5.74, 6) is -3.89. The Kier molecular flexibility index (Phi) is 9.45. The van der Waals surface area contributed by atoms with Crippen LogP contribution in [0, 0.1) is 22.9 Å². The first-order valence-corrected chi connectivity index (χ1v) is 13.4.